The number of halogens is 1. The van der Waals surface area contributed by atoms with E-state index in [1.54, 1.807) is 13.2 Å². The first-order chi connectivity index (χ1) is 13.4. The molecule has 0 radical (unpaired) electrons. The topological polar surface area (TPSA) is 71.9 Å². The number of quaternary nitrogens is 1. The minimum absolute atomic E-state index is 0.0648. The summed E-state index contributed by atoms with van der Waals surface area (Å²) in [4.78, 5) is 25.2. The molecule has 0 aliphatic rings. The van der Waals surface area contributed by atoms with Crippen LogP contribution in [-0.4, -0.2) is 39.1 Å². The van der Waals surface area contributed by atoms with Crippen LogP contribution in [0.3, 0.4) is 0 Å². The van der Waals surface area contributed by atoms with Crippen LogP contribution < -0.4 is 20.3 Å². The molecule has 28 heavy (non-hydrogen) atoms. The Hall–Kier alpha value is -2.57. The van der Waals surface area contributed by atoms with Crippen molar-refractivity contribution < 1.29 is 19.2 Å². The molecule has 2 aromatic rings. The molecule has 1 unspecified atom stereocenters. The van der Waals surface area contributed by atoms with Crippen LogP contribution in [0.25, 0.3) is 0 Å². The second-order valence-corrected chi connectivity index (χ2v) is 7.04. The van der Waals surface area contributed by atoms with Gasteiger partial charge in [0.1, 0.15) is 12.3 Å². The van der Waals surface area contributed by atoms with Gasteiger partial charge in [-0.15, -0.1) is 0 Å². The van der Waals surface area contributed by atoms with Crippen LogP contribution in [0.15, 0.2) is 42.5 Å². The third kappa shape index (κ3) is 6.55. The van der Waals surface area contributed by atoms with E-state index in [4.69, 9.17) is 16.3 Å². The molecule has 0 spiro atoms. The normalized spacial score (nSPS) is 11.6. The number of amides is 2. The molecule has 0 fully saturated rings. The molecule has 0 saturated carbocycles. The quantitative estimate of drug-likeness (QED) is 0.595. The molecule has 3 N–H and O–H groups in total. The Morgan fingerprint density at radius 1 is 1.11 bits per heavy atom. The van der Waals surface area contributed by atoms with E-state index in [0.717, 1.165) is 33.9 Å². The maximum Gasteiger partial charge on any atom is 0.275 e. The molecule has 7 heteroatoms. The summed E-state index contributed by atoms with van der Waals surface area (Å²) in [7, 11) is 3.50. The smallest absolute Gasteiger partial charge is 0.275 e. The van der Waals surface area contributed by atoms with Crippen molar-refractivity contribution in [3.8, 4) is 5.75 Å². The van der Waals surface area contributed by atoms with Gasteiger partial charge in [0.15, 0.2) is 6.54 Å². The number of aryl methyl sites for hydroxylation is 1. The van der Waals surface area contributed by atoms with Crippen molar-refractivity contribution in [2.45, 2.75) is 19.9 Å². The first kappa shape index (κ1) is 21.7. The average Bonchev–Trinajstić information content (AvgIpc) is 2.67. The molecular formula is C21H27ClN3O3+. The average molecular weight is 405 g/mol. The van der Waals surface area contributed by atoms with Crippen LogP contribution in [0.5, 0.6) is 5.75 Å². The summed E-state index contributed by atoms with van der Waals surface area (Å²) in [6.45, 7) is 2.77. The number of benzene rings is 2. The Morgan fingerprint density at radius 2 is 1.86 bits per heavy atom. The van der Waals surface area contributed by atoms with Crippen LogP contribution >= 0.6 is 11.6 Å². The zero-order valence-corrected chi connectivity index (χ0v) is 17.2. The second-order valence-electron chi connectivity index (χ2n) is 6.60. The molecule has 2 rings (SSSR count). The lowest BCUT2D eigenvalue weighted by Gasteiger charge is -2.16. The fraction of sp³-hybridized carbons (Fsp3) is 0.333. The summed E-state index contributed by atoms with van der Waals surface area (Å²) in [5.74, 6) is 0.291. The predicted molar refractivity (Wildman–Crippen MR) is 111 cm³/mol. The maximum atomic E-state index is 12.2. The minimum Gasteiger partial charge on any atom is -0.496 e. The Kier molecular flexibility index (Phi) is 8.29. The predicted octanol–water partition coefficient (Wildman–Crippen LogP) is 1.68. The third-order valence-corrected chi connectivity index (χ3v) is 4.55. The van der Waals surface area contributed by atoms with Crippen molar-refractivity contribution in [1.29, 1.82) is 0 Å². The lowest BCUT2D eigenvalue weighted by molar-refractivity contribution is -0.885. The summed E-state index contributed by atoms with van der Waals surface area (Å²) >= 11 is 6.05. The fourth-order valence-corrected chi connectivity index (χ4v) is 3.13. The number of carbonyl (C=O) groups is 2. The van der Waals surface area contributed by atoms with Gasteiger partial charge in [-0.1, -0.05) is 36.7 Å². The lowest BCUT2D eigenvalue weighted by Crippen LogP contribution is -3.08. The van der Waals surface area contributed by atoms with Crippen LogP contribution in [0.1, 0.15) is 18.1 Å². The van der Waals surface area contributed by atoms with Crippen molar-refractivity contribution in [2.24, 2.45) is 0 Å². The first-order valence-corrected chi connectivity index (χ1v) is 9.58. The Labute approximate surface area is 170 Å². The van der Waals surface area contributed by atoms with Crippen LogP contribution in [-0.2, 0) is 22.6 Å². The molecule has 1 atom stereocenters. The summed E-state index contributed by atoms with van der Waals surface area (Å²) in [5.41, 5.74) is 2.76. The van der Waals surface area contributed by atoms with E-state index in [1.807, 2.05) is 50.4 Å². The molecule has 0 bridgehead atoms. The molecule has 0 saturated heterocycles. The molecule has 2 aromatic carbocycles. The van der Waals surface area contributed by atoms with Gasteiger partial charge in [0, 0.05) is 16.3 Å². The van der Waals surface area contributed by atoms with E-state index in [0.29, 0.717) is 11.6 Å². The summed E-state index contributed by atoms with van der Waals surface area (Å²) in [6.07, 6.45) is 0.823. The Balaban J connectivity index is 1.82. The molecule has 0 aliphatic carbocycles. The molecule has 6 nitrogen and oxygen atoms in total. The highest BCUT2D eigenvalue weighted by Gasteiger charge is 2.15. The number of likely N-dealkylation sites (N-methyl/N-ethyl adjacent to an activating group) is 1. The third-order valence-electron chi connectivity index (χ3n) is 4.32. The van der Waals surface area contributed by atoms with Gasteiger partial charge in [-0.2, -0.15) is 0 Å². The highest BCUT2D eigenvalue weighted by Crippen LogP contribution is 2.21. The summed E-state index contributed by atoms with van der Waals surface area (Å²) in [6, 6.07) is 13.0. The van der Waals surface area contributed by atoms with Gasteiger partial charge in [-0.05, 0) is 36.2 Å². The monoisotopic (exact) mass is 404 g/mol. The van der Waals surface area contributed by atoms with E-state index in [1.165, 1.54) is 0 Å². The zero-order valence-electron chi connectivity index (χ0n) is 16.5. The van der Waals surface area contributed by atoms with Crippen molar-refractivity contribution in [3.63, 3.8) is 0 Å². The number of para-hydroxylation sites is 1. The van der Waals surface area contributed by atoms with Crippen molar-refractivity contribution >= 4 is 29.1 Å². The number of rotatable bonds is 9. The van der Waals surface area contributed by atoms with Gasteiger partial charge >= 0.3 is 0 Å². The van der Waals surface area contributed by atoms with E-state index in [-0.39, 0.29) is 24.9 Å². The maximum absolute atomic E-state index is 12.2. The largest absolute Gasteiger partial charge is 0.496 e. The Morgan fingerprint density at radius 3 is 2.57 bits per heavy atom. The van der Waals surface area contributed by atoms with E-state index in [2.05, 4.69) is 10.6 Å². The number of hydrogen-bond acceptors (Lipinski definition) is 3. The van der Waals surface area contributed by atoms with E-state index >= 15 is 0 Å². The van der Waals surface area contributed by atoms with Crippen LogP contribution in [0, 0.1) is 0 Å². The molecule has 150 valence electrons. The highest BCUT2D eigenvalue weighted by atomic mass is 35.5. The fourth-order valence-electron chi connectivity index (χ4n) is 2.93. The Bertz CT molecular complexity index is 826. The van der Waals surface area contributed by atoms with Crippen molar-refractivity contribution in [2.75, 3.05) is 32.6 Å². The standard InChI is InChI=1S/C21H26ClN3O3/c1-4-15-7-5-6-8-18(15)24-20(26)12-23-21(27)14-25(2)13-16-11-17(22)9-10-19(16)28-3/h5-11H,4,12-14H2,1-3H3,(H,23,27)(H,24,26)/p+1. The molecule has 0 aliphatic heterocycles. The lowest BCUT2D eigenvalue weighted by atomic mass is 10.1. The highest BCUT2D eigenvalue weighted by molar-refractivity contribution is 6.30. The second kappa shape index (κ2) is 10.7. The van der Waals surface area contributed by atoms with Crippen LogP contribution in [0.2, 0.25) is 5.02 Å². The molecular weight excluding hydrogens is 378 g/mol. The van der Waals surface area contributed by atoms with E-state index in [9.17, 15) is 9.59 Å². The number of hydrogen-bond donors (Lipinski definition) is 3. The molecule has 2 amide bonds. The summed E-state index contributed by atoms with van der Waals surface area (Å²) in [5, 5.41) is 6.13. The molecule has 0 heterocycles. The number of ether oxygens (including phenoxy) is 1. The molecule has 0 aromatic heterocycles. The first-order valence-electron chi connectivity index (χ1n) is 9.21. The number of carbonyl (C=O) groups excluding carboxylic acids is 2. The van der Waals surface area contributed by atoms with Crippen LogP contribution in [0.4, 0.5) is 5.69 Å². The van der Waals surface area contributed by atoms with Gasteiger partial charge in [-0.3, -0.25) is 9.59 Å². The van der Waals surface area contributed by atoms with Gasteiger partial charge < -0.3 is 20.3 Å². The SMILES string of the molecule is CCc1ccccc1NC(=O)CNC(=O)C[NH+](C)Cc1cc(Cl)ccc1OC. The van der Waals surface area contributed by atoms with Gasteiger partial charge in [0.05, 0.1) is 20.7 Å². The zero-order chi connectivity index (χ0) is 20.5. The number of methoxy groups -OCH3 is 1. The van der Waals surface area contributed by atoms with Gasteiger partial charge in [-0.25, -0.2) is 0 Å². The number of nitrogens with one attached hydrogen (secondary N) is 3. The van der Waals surface area contributed by atoms with Crippen molar-refractivity contribution in [1.82, 2.24) is 5.32 Å². The van der Waals surface area contributed by atoms with Gasteiger partial charge in [0.25, 0.3) is 5.91 Å². The summed E-state index contributed by atoms with van der Waals surface area (Å²) < 4.78 is 5.34. The number of anilines is 1. The minimum atomic E-state index is -0.247. The van der Waals surface area contributed by atoms with Gasteiger partial charge in [0.2, 0.25) is 5.91 Å². The van der Waals surface area contributed by atoms with E-state index < -0.39 is 0 Å². The van der Waals surface area contributed by atoms with Crippen molar-refractivity contribution in [3.05, 3.63) is 58.6 Å².